The molecule has 0 spiro atoms. The van der Waals surface area contributed by atoms with Crippen LogP contribution in [0.4, 0.5) is 5.69 Å². The third-order valence-corrected chi connectivity index (χ3v) is 6.20. The fourth-order valence-corrected chi connectivity index (χ4v) is 4.28. The van der Waals surface area contributed by atoms with E-state index >= 15 is 0 Å². The van der Waals surface area contributed by atoms with Gasteiger partial charge in [-0.3, -0.25) is 19.1 Å². The predicted molar refractivity (Wildman–Crippen MR) is 132 cm³/mol. The van der Waals surface area contributed by atoms with Crippen LogP contribution in [0.3, 0.4) is 0 Å². The maximum Gasteiger partial charge on any atom is 0.262 e. The molecule has 0 saturated heterocycles. The van der Waals surface area contributed by atoms with Crippen molar-refractivity contribution in [3.8, 4) is 0 Å². The van der Waals surface area contributed by atoms with Crippen LogP contribution in [0.5, 0.6) is 0 Å². The number of carbonyl (C=O) groups excluding carboxylic acids is 1. The molecule has 0 radical (unpaired) electrons. The lowest BCUT2D eigenvalue weighted by molar-refractivity contribution is 0.102. The number of carbonyl (C=O) groups is 1. The molecule has 0 unspecified atom stereocenters. The molecule has 0 atom stereocenters. The number of H-pyrrole nitrogens is 1. The van der Waals surface area contributed by atoms with Gasteiger partial charge in [0.1, 0.15) is 0 Å². The number of anilines is 1. The second kappa shape index (κ2) is 9.76. The van der Waals surface area contributed by atoms with E-state index in [1.807, 2.05) is 42.6 Å². The van der Waals surface area contributed by atoms with Crippen molar-refractivity contribution in [3.63, 3.8) is 0 Å². The first-order chi connectivity index (χ1) is 15.5. The Hall–Kier alpha value is -3.49. The molecular formula is C24H20N4O2S2. The van der Waals surface area contributed by atoms with Crippen molar-refractivity contribution < 1.29 is 4.79 Å². The van der Waals surface area contributed by atoms with Crippen LogP contribution in [0, 0.1) is 4.77 Å². The van der Waals surface area contributed by atoms with Gasteiger partial charge in [-0.05, 0) is 66.3 Å². The van der Waals surface area contributed by atoms with Gasteiger partial charge in [0.2, 0.25) is 0 Å². The number of benzene rings is 2. The maximum atomic E-state index is 12.7. The van der Waals surface area contributed by atoms with Crippen molar-refractivity contribution in [1.82, 2.24) is 14.5 Å². The van der Waals surface area contributed by atoms with Gasteiger partial charge in [-0.2, -0.15) is 0 Å². The number of nitrogens with zero attached hydrogens (tertiary/aromatic N) is 2. The summed E-state index contributed by atoms with van der Waals surface area (Å²) in [6.07, 6.45) is 5.22. The highest BCUT2D eigenvalue weighted by molar-refractivity contribution is 7.98. The fourth-order valence-electron chi connectivity index (χ4n) is 3.18. The van der Waals surface area contributed by atoms with Gasteiger partial charge in [0, 0.05) is 40.8 Å². The number of pyridine rings is 1. The summed E-state index contributed by atoms with van der Waals surface area (Å²) in [6, 6.07) is 16.5. The summed E-state index contributed by atoms with van der Waals surface area (Å²) in [7, 11) is 0. The minimum absolute atomic E-state index is 0.213. The summed E-state index contributed by atoms with van der Waals surface area (Å²) in [5.74, 6) is 0.559. The highest BCUT2D eigenvalue weighted by Gasteiger charge is 2.10. The SMILES string of the molecule is C=CCn1c(=S)[nH]c2cc(C(=O)Nc3ccc(SCc4cccnc4)cc3)ccc2c1=O. The van der Waals surface area contributed by atoms with Crippen LogP contribution in [-0.4, -0.2) is 20.4 Å². The van der Waals surface area contributed by atoms with Gasteiger partial charge < -0.3 is 10.3 Å². The zero-order valence-electron chi connectivity index (χ0n) is 17.1. The summed E-state index contributed by atoms with van der Waals surface area (Å²) >= 11 is 6.97. The van der Waals surface area contributed by atoms with Gasteiger partial charge in [-0.15, -0.1) is 18.3 Å². The van der Waals surface area contributed by atoms with Gasteiger partial charge in [-0.1, -0.05) is 12.1 Å². The lowest BCUT2D eigenvalue weighted by Gasteiger charge is -2.09. The molecule has 0 aliphatic carbocycles. The number of allylic oxidation sites excluding steroid dienone is 1. The summed E-state index contributed by atoms with van der Waals surface area (Å²) in [5.41, 5.74) is 2.58. The Balaban J connectivity index is 1.47. The van der Waals surface area contributed by atoms with Crippen molar-refractivity contribution in [2.24, 2.45) is 0 Å². The largest absolute Gasteiger partial charge is 0.332 e. The summed E-state index contributed by atoms with van der Waals surface area (Å²) < 4.78 is 1.72. The molecule has 32 heavy (non-hydrogen) atoms. The van der Waals surface area contributed by atoms with Crippen LogP contribution in [0.1, 0.15) is 15.9 Å². The molecule has 2 N–H and O–H groups in total. The van der Waals surface area contributed by atoms with E-state index in [-0.39, 0.29) is 11.5 Å². The van der Waals surface area contributed by atoms with E-state index < -0.39 is 0 Å². The number of amides is 1. The number of hydrogen-bond donors (Lipinski definition) is 2. The molecule has 2 aromatic heterocycles. The first kappa shape index (κ1) is 21.7. The van der Waals surface area contributed by atoms with Crippen LogP contribution in [0.2, 0.25) is 0 Å². The number of aromatic nitrogens is 3. The number of thioether (sulfide) groups is 1. The number of hydrogen-bond acceptors (Lipinski definition) is 5. The molecule has 1 amide bonds. The van der Waals surface area contributed by atoms with Gasteiger partial charge in [0.25, 0.3) is 11.5 Å². The van der Waals surface area contributed by atoms with E-state index in [0.717, 1.165) is 16.2 Å². The molecule has 0 aliphatic heterocycles. The second-order valence-electron chi connectivity index (χ2n) is 7.02. The molecule has 4 rings (SSSR count). The minimum Gasteiger partial charge on any atom is -0.332 e. The van der Waals surface area contributed by atoms with Crippen LogP contribution < -0.4 is 10.9 Å². The normalized spacial score (nSPS) is 10.8. The summed E-state index contributed by atoms with van der Waals surface area (Å²) in [5, 5.41) is 3.35. The fraction of sp³-hybridized carbons (Fsp3) is 0.0833. The number of fused-ring (bicyclic) bond motifs is 1. The molecular weight excluding hydrogens is 440 g/mol. The van der Waals surface area contributed by atoms with Crippen molar-refractivity contribution in [2.45, 2.75) is 17.2 Å². The molecule has 6 nitrogen and oxygen atoms in total. The van der Waals surface area contributed by atoms with Gasteiger partial charge in [0.05, 0.1) is 10.9 Å². The van der Waals surface area contributed by atoms with Gasteiger partial charge in [-0.25, -0.2) is 0 Å². The highest BCUT2D eigenvalue weighted by Crippen LogP contribution is 2.24. The molecule has 2 aromatic carbocycles. The third-order valence-electron chi connectivity index (χ3n) is 4.80. The van der Waals surface area contributed by atoms with E-state index in [1.54, 1.807) is 42.2 Å². The van der Waals surface area contributed by atoms with E-state index in [1.165, 1.54) is 4.57 Å². The molecule has 2 heterocycles. The zero-order chi connectivity index (χ0) is 22.5. The van der Waals surface area contributed by atoms with E-state index in [4.69, 9.17) is 12.2 Å². The molecule has 0 fully saturated rings. The van der Waals surface area contributed by atoms with Crippen molar-refractivity contribution in [3.05, 3.63) is 106 Å². The standard InChI is InChI=1S/C24H20N4O2S2/c1-2-12-28-23(30)20-10-5-17(13-21(20)27-24(28)31)22(29)26-18-6-8-19(9-7-18)32-15-16-4-3-11-25-14-16/h2-11,13-14H,1,12,15H2,(H,26,29)(H,27,31). The Bertz CT molecular complexity index is 1390. The monoisotopic (exact) mass is 460 g/mol. The van der Waals surface area contributed by atoms with Crippen molar-refractivity contribution in [2.75, 3.05) is 5.32 Å². The van der Waals surface area contributed by atoms with Crippen LogP contribution in [0.15, 0.2) is 89.3 Å². The number of nitrogens with one attached hydrogen (secondary N) is 2. The first-order valence-electron chi connectivity index (χ1n) is 9.86. The van der Waals surface area contributed by atoms with Gasteiger partial charge in [0.15, 0.2) is 4.77 Å². The average Bonchev–Trinajstić information content (AvgIpc) is 2.81. The van der Waals surface area contributed by atoms with E-state index in [9.17, 15) is 9.59 Å². The smallest absolute Gasteiger partial charge is 0.262 e. The Labute approximate surface area is 194 Å². The zero-order valence-corrected chi connectivity index (χ0v) is 18.7. The molecule has 0 saturated carbocycles. The molecule has 160 valence electrons. The van der Waals surface area contributed by atoms with Crippen LogP contribution in [0.25, 0.3) is 10.9 Å². The topological polar surface area (TPSA) is 79.8 Å². The second-order valence-corrected chi connectivity index (χ2v) is 8.46. The first-order valence-corrected chi connectivity index (χ1v) is 11.3. The molecule has 8 heteroatoms. The predicted octanol–water partition coefficient (Wildman–Crippen LogP) is 5.18. The van der Waals surface area contributed by atoms with Crippen LogP contribution >= 0.6 is 24.0 Å². The Morgan fingerprint density at radius 2 is 2.03 bits per heavy atom. The van der Waals surface area contributed by atoms with Crippen LogP contribution in [-0.2, 0) is 12.3 Å². The Kier molecular flexibility index (Phi) is 6.63. The lowest BCUT2D eigenvalue weighted by Crippen LogP contribution is -2.22. The van der Waals surface area contributed by atoms with Crippen molar-refractivity contribution in [1.29, 1.82) is 0 Å². The van der Waals surface area contributed by atoms with Gasteiger partial charge >= 0.3 is 0 Å². The molecule has 0 aliphatic rings. The summed E-state index contributed by atoms with van der Waals surface area (Å²) in [6.45, 7) is 3.97. The lowest BCUT2D eigenvalue weighted by atomic mass is 10.1. The Morgan fingerprint density at radius 3 is 2.75 bits per heavy atom. The third kappa shape index (κ3) is 4.87. The summed E-state index contributed by atoms with van der Waals surface area (Å²) in [4.78, 5) is 33.6. The molecule has 4 aromatic rings. The quantitative estimate of drug-likeness (QED) is 0.226. The number of rotatable bonds is 7. The average molecular weight is 461 g/mol. The number of aromatic amines is 1. The van der Waals surface area contributed by atoms with E-state index in [0.29, 0.717) is 33.5 Å². The van der Waals surface area contributed by atoms with E-state index in [2.05, 4.69) is 21.9 Å². The minimum atomic E-state index is -0.266. The highest BCUT2D eigenvalue weighted by atomic mass is 32.2. The molecule has 0 bridgehead atoms. The Morgan fingerprint density at radius 1 is 1.22 bits per heavy atom. The maximum absolute atomic E-state index is 12.7. The van der Waals surface area contributed by atoms with Crippen molar-refractivity contribution >= 4 is 46.5 Å².